The molecule has 0 bridgehead atoms. The second kappa shape index (κ2) is 9.93. The highest BCUT2D eigenvalue weighted by Gasteiger charge is 2.30. The van der Waals surface area contributed by atoms with Crippen LogP contribution < -0.4 is 9.21 Å². The van der Waals surface area contributed by atoms with Gasteiger partial charge in [-0.3, -0.25) is 9.10 Å². The highest BCUT2D eigenvalue weighted by Crippen LogP contribution is 2.26. The molecule has 172 valence electrons. The van der Waals surface area contributed by atoms with Gasteiger partial charge in [-0.15, -0.1) is 0 Å². The van der Waals surface area contributed by atoms with Gasteiger partial charge in [0.15, 0.2) is 0 Å². The average molecular weight is 532 g/mol. The summed E-state index contributed by atoms with van der Waals surface area (Å²) in [5.74, 6) is -0.562. The number of hydrogen-bond acceptors (Lipinski definition) is 4. The maximum atomic E-state index is 13.4. The Balaban J connectivity index is 1.52. The molecule has 6 nitrogen and oxygen atoms in total. The van der Waals surface area contributed by atoms with Gasteiger partial charge in [0.1, 0.15) is 12.4 Å². The van der Waals surface area contributed by atoms with Crippen LogP contribution in [0, 0.1) is 5.82 Å². The molecule has 0 aliphatic carbocycles. The lowest BCUT2D eigenvalue weighted by molar-refractivity contribution is -0.129. The second-order valence-corrected chi connectivity index (χ2v) is 10.4. The minimum Gasteiger partial charge on any atom is -0.368 e. The van der Waals surface area contributed by atoms with E-state index in [1.807, 2.05) is 0 Å². The van der Waals surface area contributed by atoms with Gasteiger partial charge in [0.2, 0.25) is 5.91 Å². The van der Waals surface area contributed by atoms with E-state index in [9.17, 15) is 17.6 Å². The molecule has 0 N–H and O–H groups in total. The van der Waals surface area contributed by atoms with E-state index >= 15 is 0 Å². The fourth-order valence-corrected chi connectivity index (χ4v) is 5.57. The van der Waals surface area contributed by atoms with Gasteiger partial charge >= 0.3 is 0 Å². The second-order valence-electron chi connectivity index (χ2n) is 7.65. The van der Waals surface area contributed by atoms with Gasteiger partial charge in [0, 0.05) is 36.3 Å². The highest BCUT2D eigenvalue weighted by molar-refractivity contribution is 9.10. The van der Waals surface area contributed by atoms with Crippen LogP contribution >= 0.6 is 15.9 Å². The summed E-state index contributed by atoms with van der Waals surface area (Å²) in [5.41, 5.74) is 1.30. The minimum absolute atomic E-state index is 0.124. The first kappa shape index (κ1) is 23.3. The van der Waals surface area contributed by atoms with Crippen molar-refractivity contribution in [1.29, 1.82) is 0 Å². The number of anilines is 2. The summed E-state index contributed by atoms with van der Waals surface area (Å²) in [7, 11) is -3.94. The first-order chi connectivity index (χ1) is 15.8. The third kappa shape index (κ3) is 5.36. The summed E-state index contributed by atoms with van der Waals surface area (Å²) in [6.07, 6.45) is 0. The van der Waals surface area contributed by atoms with Crippen LogP contribution in [0.3, 0.4) is 0 Å². The summed E-state index contributed by atoms with van der Waals surface area (Å²) in [6.45, 7) is 1.77. The van der Waals surface area contributed by atoms with Crippen molar-refractivity contribution in [3.63, 3.8) is 0 Å². The summed E-state index contributed by atoms with van der Waals surface area (Å²) < 4.78 is 41.9. The lowest BCUT2D eigenvalue weighted by Gasteiger charge is -2.37. The number of rotatable bonds is 6. The molecule has 1 fully saturated rings. The molecule has 0 aromatic heterocycles. The number of benzene rings is 3. The number of carbonyl (C=O) groups excluding carboxylic acids is 1. The molecular weight excluding hydrogens is 509 g/mol. The van der Waals surface area contributed by atoms with Crippen molar-refractivity contribution in [3.8, 4) is 0 Å². The number of carbonyl (C=O) groups is 1. The van der Waals surface area contributed by atoms with Gasteiger partial charge in [-0.2, -0.15) is 0 Å². The van der Waals surface area contributed by atoms with Crippen molar-refractivity contribution in [2.45, 2.75) is 4.90 Å². The molecule has 0 spiro atoms. The van der Waals surface area contributed by atoms with E-state index in [1.165, 1.54) is 24.3 Å². The topological polar surface area (TPSA) is 60.9 Å². The Hall–Kier alpha value is -2.91. The lowest BCUT2D eigenvalue weighted by atomic mass is 10.2. The third-order valence-corrected chi connectivity index (χ3v) is 7.81. The molecule has 1 aliphatic rings. The quantitative estimate of drug-likeness (QED) is 0.479. The molecule has 0 radical (unpaired) electrons. The molecule has 1 amide bonds. The molecule has 9 heteroatoms. The van der Waals surface area contributed by atoms with Crippen LogP contribution in [0.4, 0.5) is 15.8 Å². The molecule has 0 atom stereocenters. The maximum Gasteiger partial charge on any atom is 0.264 e. The van der Waals surface area contributed by atoms with E-state index in [2.05, 4.69) is 20.8 Å². The van der Waals surface area contributed by atoms with E-state index < -0.39 is 10.0 Å². The van der Waals surface area contributed by atoms with Crippen molar-refractivity contribution in [1.82, 2.24) is 4.90 Å². The van der Waals surface area contributed by atoms with E-state index in [4.69, 9.17) is 0 Å². The van der Waals surface area contributed by atoms with Crippen LogP contribution in [-0.2, 0) is 14.8 Å². The van der Waals surface area contributed by atoms with Gasteiger partial charge in [-0.05, 0) is 54.6 Å². The maximum absolute atomic E-state index is 13.4. The van der Waals surface area contributed by atoms with Crippen molar-refractivity contribution in [2.24, 2.45) is 0 Å². The zero-order valence-electron chi connectivity index (χ0n) is 17.8. The fourth-order valence-electron chi connectivity index (χ4n) is 3.75. The predicted octanol–water partition coefficient (Wildman–Crippen LogP) is 4.13. The SMILES string of the molecule is O=C(CN(c1cccc(Br)c1)S(=O)(=O)c1ccccc1)N1CCN(c2ccc(F)cc2)CC1. The predicted molar refractivity (Wildman–Crippen MR) is 130 cm³/mol. The van der Waals surface area contributed by atoms with Crippen molar-refractivity contribution >= 4 is 43.2 Å². The van der Waals surface area contributed by atoms with Crippen LogP contribution in [0.1, 0.15) is 0 Å². The lowest BCUT2D eigenvalue weighted by Crippen LogP contribution is -2.52. The molecule has 1 saturated heterocycles. The standard InChI is InChI=1S/C24H23BrFN3O3S/c25-19-5-4-6-22(17-19)29(33(31,32)23-7-2-1-3-8-23)18-24(30)28-15-13-27(14-16-28)21-11-9-20(26)10-12-21/h1-12,17H,13-16,18H2. The number of halogens is 2. The molecule has 0 saturated carbocycles. The highest BCUT2D eigenvalue weighted by atomic mass is 79.9. The van der Waals surface area contributed by atoms with Crippen molar-refractivity contribution < 1.29 is 17.6 Å². The summed E-state index contributed by atoms with van der Waals surface area (Å²) in [5, 5.41) is 0. The molecule has 3 aromatic carbocycles. The number of sulfonamides is 1. The Bertz CT molecular complexity index is 1220. The van der Waals surface area contributed by atoms with Crippen LogP contribution in [0.5, 0.6) is 0 Å². The molecular formula is C24H23BrFN3O3S. The fraction of sp³-hybridized carbons (Fsp3) is 0.208. The van der Waals surface area contributed by atoms with E-state index in [0.29, 0.717) is 36.3 Å². The monoisotopic (exact) mass is 531 g/mol. The number of nitrogens with zero attached hydrogens (tertiary/aromatic N) is 3. The first-order valence-electron chi connectivity index (χ1n) is 10.5. The van der Waals surface area contributed by atoms with E-state index in [1.54, 1.807) is 59.5 Å². The zero-order chi connectivity index (χ0) is 23.4. The van der Waals surface area contributed by atoms with Crippen molar-refractivity contribution in [2.75, 3.05) is 41.9 Å². The van der Waals surface area contributed by atoms with Crippen LogP contribution in [0.25, 0.3) is 0 Å². The normalized spacial score (nSPS) is 14.2. The Morgan fingerprint density at radius 3 is 2.21 bits per heavy atom. The summed E-state index contributed by atoms with van der Waals surface area (Å²) >= 11 is 3.38. The van der Waals surface area contributed by atoms with E-state index in [0.717, 1.165) is 9.99 Å². The summed E-state index contributed by atoms with van der Waals surface area (Å²) in [6, 6.07) is 21.2. The number of piperazine rings is 1. The zero-order valence-corrected chi connectivity index (χ0v) is 20.2. The van der Waals surface area contributed by atoms with Gasteiger partial charge in [0.25, 0.3) is 10.0 Å². The largest absolute Gasteiger partial charge is 0.368 e. The molecule has 4 rings (SSSR count). The molecule has 0 unspecified atom stereocenters. The first-order valence-corrected chi connectivity index (χ1v) is 12.7. The molecule has 3 aromatic rings. The van der Waals surface area contributed by atoms with Gasteiger partial charge in [0.05, 0.1) is 10.6 Å². The van der Waals surface area contributed by atoms with Gasteiger partial charge in [-0.25, -0.2) is 12.8 Å². The summed E-state index contributed by atoms with van der Waals surface area (Å²) in [4.78, 5) is 17.0. The van der Waals surface area contributed by atoms with Gasteiger partial charge < -0.3 is 9.80 Å². The number of amides is 1. The Morgan fingerprint density at radius 1 is 0.909 bits per heavy atom. The minimum atomic E-state index is -3.94. The van der Waals surface area contributed by atoms with E-state index in [-0.39, 0.29) is 23.2 Å². The Kier molecular flexibility index (Phi) is 6.99. The molecule has 33 heavy (non-hydrogen) atoms. The Labute approximate surface area is 201 Å². The van der Waals surface area contributed by atoms with Crippen molar-refractivity contribution in [3.05, 3.63) is 89.2 Å². The van der Waals surface area contributed by atoms with Crippen LogP contribution in [-0.4, -0.2) is 51.9 Å². The third-order valence-electron chi connectivity index (χ3n) is 5.53. The van der Waals surface area contributed by atoms with Crippen LogP contribution in [0.15, 0.2) is 88.2 Å². The smallest absolute Gasteiger partial charge is 0.264 e. The molecule has 1 aliphatic heterocycles. The van der Waals surface area contributed by atoms with Crippen LogP contribution in [0.2, 0.25) is 0 Å². The number of hydrogen-bond donors (Lipinski definition) is 0. The van der Waals surface area contributed by atoms with Gasteiger partial charge in [-0.1, -0.05) is 40.2 Å². The Morgan fingerprint density at radius 2 is 1.58 bits per heavy atom. The average Bonchev–Trinajstić information content (AvgIpc) is 2.83. The molecule has 1 heterocycles.